The molecule has 0 radical (unpaired) electrons. The number of aliphatic hydroxyl groups excluding tert-OH is 2. The van der Waals surface area contributed by atoms with Crippen molar-refractivity contribution >= 4 is 5.97 Å². The molecule has 0 fully saturated rings. The quantitative estimate of drug-likeness (QED) is 0.544. The van der Waals surface area contributed by atoms with Crippen LogP contribution in [0, 0.1) is 11.8 Å². The summed E-state index contributed by atoms with van der Waals surface area (Å²) in [6.07, 6.45) is 8.77. The van der Waals surface area contributed by atoms with E-state index in [4.69, 9.17) is 4.74 Å². The topological polar surface area (TPSA) is 66.8 Å². The van der Waals surface area contributed by atoms with Crippen LogP contribution in [-0.4, -0.2) is 35.0 Å². The highest BCUT2D eigenvalue weighted by Crippen LogP contribution is 2.31. The highest BCUT2D eigenvalue weighted by Gasteiger charge is 2.32. The van der Waals surface area contributed by atoms with Gasteiger partial charge in [0, 0.05) is 6.92 Å². The second-order valence-corrected chi connectivity index (χ2v) is 7.82. The number of rotatable bonds is 6. The molecule has 1 aliphatic carbocycles. The smallest absolute Gasteiger partial charge is 0.302 e. The number of esters is 1. The van der Waals surface area contributed by atoms with Crippen LogP contribution >= 0.6 is 0 Å². The van der Waals surface area contributed by atoms with Gasteiger partial charge in [-0.15, -0.1) is 0 Å². The summed E-state index contributed by atoms with van der Waals surface area (Å²) in [6, 6.07) is 0. The fraction of sp³-hybridized carbons (Fsp3) is 0.682. The van der Waals surface area contributed by atoms with Gasteiger partial charge >= 0.3 is 5.97 Å². The van der Waals surface area contributed by atoms with Gasteiger partial charge in [0.2, 0.25) is 0 Å². The van der Waals surface area contributed by atoms with Gasteiger partial charge < -0.3 is 14.9 Å². The van der Waals surface area contributed by atoms with Crippen LogP contribution in [0.5, 0.6) is 0 Å². The van der Waals surface area contributed by atoms with Crippen molar-refractivity contribution in [3.63, 3.8) is 0 Å². The Morgan fingerprint density at radius 3 is 2.62 bits per heavy atom. The average molecular weight is 365 g/mol. The maximum absolute atomic E-state index is 11.1. The summed E-state index contributed by atoms with van der Waals surface area (Å²) in [5, 5.41) is 21.6. The second kappa shape index (κ2) is 11.3. The lowest BCUT2D eigenvalue weighted by atomic mass is 9.78. The van der Waals surface area contributed by atoms with Crippen LogP contribution in [-0.2, 0) is 9.53 Å². The summed E-state index contributed by atoms with van der Waals surface area (Å²) in [4.78, 5) is 11.1. The number of carbonyl (C=O) groups excluding carboxylic acids is 1. The molecule has 26 heavy (non-hydrogen) atoms. The van der Waals surface area contributed by atoms with Crippen LogP contribution in [0.1, 0.15) is 66.7 Å². The lowest BCUT2D eigenvalue weighted by Gasteiger charge is -2.33. The molecule has 0 aromatic carbocycles. The molecule has 4 heteroatoms. The van der Waals surface area contributed by atoms with E-state index in [-0.39, 0.29) is 24.4 Å². The zero-order valence-electron chi connectivity index (χ0n) is 17.0. The molecule has 4 atom stereocenters. The number of hydrogen-bond donors (Lipinski definition) is 2. The average Bonchev–Trinajstić information content (AvgIpc) is 2.56. The molecule has 1 aliphatic rings. The first-order valence-corrected chi connectivity index (χ1v) is 9.69. The summed E-state index contributed by atoms with van der Waals surface area (Å²) in [7, 11) is 0. The molecule has 0 heterocycles. The van der Waals surface area contributed by atoms with E-state index < -0.39 is 12.2 Å². The monoisotopic (exact) mass is 364 g/mol. The number of ether oxygens (including phenoxy) is 1. The highest BCUT2D eigenvalue weighted by molar-refractivity contribution is 5.66. The zero-order valence-corrected chi connectivity index (χ0v) is 17.0. The van der Waals surface area contributed by atoms with Crippen molar-refractivity contribution < 1.29 is 19.7 Å². The zero-order chi connectivity index (χ0) is 19.7. The Morgan fingerprint density at radius 2 is 2.00 bits per heavy atom. The number of hydrogen-bond acceptors (Lipinski definition) is 4. The first-order valence-electron chi connectivity index (χ1n) is 9.69. The van der Waals surface area contributed by atoms with Crippen LogP contribution in [0.4, 0.5) is 0 Å². The predicted octanol–water partition coefficient (Wildman–Crippen LogP) is 4.33. The second-order valence-electron chi connectivity index (χ2n) is 7.82. The van der Waals surface area contributed by atoms with Gasteiger partial charge in [0.1, 0.15) is 12.7 Å². The number of allylic oxidation sites excluding steroid dienone is 5. The van der Waals surface area contributed by atoms with E-state index in [1.54, 1.807) is 0 Å². The normalized spacial score (nSPS) is 25.6. The third-order valence-corrected chi connectivity index (χ3v) is 5.21. The van der Waals surface area contributed by atoms with E-state index in [0.717, 1.165) is 25.7 Å². The minimum Gasteiger partial charge on any atom is -0.461 e. The van der Waals surface area contributed by atoms with Gasteiger partial charge in [-0.3, -0.25) is 4.79 Å². The summed E-state index contributed by atoms with van der Waals surface area (Å²) in [5.41, 5.74) is 3.17. The van der Waals surface area contributed by atoms with Crippen molar-refractivity contribution in [1.82, 2.24) is 0 Å². The molecule has 0 saturated carbocycles. The first kappa shape index (κ1) is 22.7. The van der Waals surface area contributed by atoms with Crippen LogP contribution in [0.15, 0.2) is 34.9 Å². The predicted molar refractivity (Wildman–Crippen MR) is 106 cm³/mol. The Labute approximate surface area is 158 Å². The van der Waals surface area contributed by atoms with E-state index in [1.165, 1.54) is 18.1 Å². The Hall–Kier alpha value is -1.39. The molecule has 2 N–H and O–H groups in total. The summed E-state index contributed by atoms with van der Waals surface area (Å²) in [6.45, 7) is 9.82. The van der Waals surface area contributed by atoms with E-state index in [0.29, 0.717) is 12.0 Å². The summed E-state index contributed by atoms with van der Waals surface area (Å²) >= 11 is 0. The van der Waals surface area contributed by atoms with E-state index >= 15 is 0 Å². The van der Waals surface area contributed by atoms with Crippen molar-refractivity contribution in [3.8, 4) is 0 Å². The fourth-order valence-corrected chi connectivity index (χ4v) is 3.45. The molecule has 0 saturated heterocycles. The van der Waals surface area contributed by atoms with Crippen LogP contribution in [0.3, 0.4) is 0 Å². The van der Waals surface area contributed by atoms with Gasteiger partial charge in [-0.25, -0.2) is 0 Å². The lowest BCUT2D eigenvalue weighted by Crippen LogP contribution is -2.39. The molecule has 4 nitrogen and oxygen atoms in total. The van der Waals surface area contributed by atoms with Gasteiger partial charge in [-0.2, -0.15) is 0 Å². The third-order valence-electron chi connectivity index (χ3n) is 5.21. The van der Waals surface area contributed by atoms with E-state index in [2.05, 4.69) is 39.8 Å². The molecule has 0 bridgehead atoms. The van der Waals surface area contributed by atoms with Crippen molar-refractivity contribution in [3.05, 3.63) is 34.9 Å². The van der Waals surface area contributed by atoms with Gasteiger partial charge in [0.25, 0.3) is 0 Å². The van der Waals surface area contributed by atoms with Gasteiger partial charge in [-0.1, -0.05) is 36.3 Å². The van der Waals surface area contributed by atoms with Crippen molar-refractivity contribution in [1.29, 1.82) is 0 Å². The van der Waals surface area contributed by atoms with E-state index in [1.807, 2.05) is 6.08 Å². The Kier molecular flexibility index (Phi) is 9.89. The molecule has 148 valence electrons. The molecule has 0 spiro atoms. The molecule has 0 aliphatic heterocycles. The maximum atomic E-state index is 11.1. The van der Waals surface area contributed by atoms with Gasteiger partial charge in [0.05, 0.1) is 6.10 Å². The molecular weight excluding hydrogens is 328 g/mol. The van der Waals surface area contributed by atoms with Crippen molar-refractivity contribution in [2.45, 2.75) is 78.9 Å². The maximum Gasteiger partial charge on any atom is 0.302 e. The first-order chi connectivity index (χ1) is 12.2. The Bertz CT molecular complexity index is 540. The van der Waals surface area contributed by atoms with E-state index in [9.17, 15) is 15.0 Å². The van der Waals surface area contributed by atoms with Gasteiger partial charge in [-0.05, 0) is 70.3 Å². The molecular formula is C22H36O4. The summed E-state index contributed by atoms with van der Waals surface area (Å²) < 4.78 is 5.08. The lowest BCUT2D eigenvalue weighted by molar-refractivity contribution is -0.140. The Balaban J connectivity index is 2.95. The highest BCUT2D eigenvalue weighted by atomic mass is 16.5. The molecule has 4 unspecified atom stereocenters. The van der Waals surface area contributed by atoms with Crippen LogP contribution in [0.25, 0.3) is 0 Å². The minimum absolute atomic E-state index is 0.00209. The standard InChI is InChI=1S/C22H36O4/c1-15(2)8-6-10-17(4)20-13-12-16(3)9-7-11-19(14-26-18(5)23)21(24)22(20)25/h8-9,11,17,20-22,24-25H,6-7,10,12-14H2,1-5H3. The molecule has 0 aromatic rings. The van der Waals surface area contributed by atoms with Crippen molar-refractivity contribution in [2.24, 2.45) is 11.8 Å². The minimum atomic E-state index is -1.00. The van der Waals surface area contributed by atoms with Crippen LogP contribution in [0.2, 0.25) is 0 Å². The number of aliphatic hydroxyl groups is 2. The fourth-order valence-electron chi connectivity index (χ4n) is 3.45. The molecule has 1 rings (SSSR count). The molecule has 0 amide bonds. The SMILES string of the molecule is CC(=O)OCC1=CCC=C(C)CCC(C(C)CCC=C(C)C)C(O)C1O. The van der Waals surface area contributed by atoms with Crippen molar-refractivity contribution in [2.75, 3.05) is 6.61 Å². The summed E-state index contributed by atoms with van der Waals surface area (Å²) in [5.74, 6) is -0.0989. The number of carbonyl (C=O) groups is 1. The largest absolute Gasteiger partial charge is 0.461 e. The van der Waals surface area contributed by atoms with Crippen LogP contribution < -0.4 is 0 Å². The Morgan fingerprint density at radius 1 is 1.31 bits per heavy atom. The van der Waals surface area contributed by atoms with Gasteiger partial charge in [0.15, 0.2) is 0 Å². The molecule has 0 aromatic heterocycles. The third kappa shape index (κ3) is 7.88.